The maximum Gasteiger partial charge on any atom is 0.350 e. The summed E-state index contributed by atoms with van der Waals surface area (Å²) in [6.45, 7) is 2.98. The van der Waals surface area contributed by atoms with Crippen molar-refractivity contribution in [1.82, 2.24) is 5.16 Å². The van der Waals surface area contributed by atoms with Crippen LogP contribution in [-0.4, -0.2) is 22.9 Å². The molecule has 2 aromatic rings. The molecule has 0 saturated carbocycles. The molecule has 0 spiro atoms. The first-order chi connectivity index (χ1) is 9.96. The molecule has 0 radical (unpaired) electrons. The lowest BCUT2D eigenvalue weighted by molar-refractivity contribution is -0.222. The van der Waals surface area contributed by atoms with Crippen LogP contribution in [0.3, 0.4) is 0 Å². The number of para-hydroxylation sites is 1. The van der Waals surface area contributed by atoms with E-state index in [2.05, 4.69) is 10.5 Å². The summed E-state index contributed by atoms with van der Waals surface area (Å²) >= 11 is 0. The van der Waals surface area contributed by atoms with Crippen LogP contribution < -0.4 is 5.32 Å². The number of fused-ring (bicyclic) bond motifs is 1. The standard InChI is InChI=1S/C14H12N2O5/c1-14(2)19-12(17)9(13(18)20-14)7-15-10-5-3-4-8-6-16-21-11(8)10/h3-7,15H,1-2H3. The molecular weight excluding hydrogens is 276 g/mol. The first-order valence-electron chi connectivity index (χ1n) is 6.23. The average molecular weight is 288 g/mol. The molecule has 1 aliphatic rings. The van der Waals surface area contributed by atoms with Crippen molar-refractivity contribution >= 4 is 28.6 Å². The fourth-order valence-corrected chi connectivity index (χ4v) is 1.94. The zero-order valence-electron chi connectivity index (χ0n) is 11.4. The Morgan fingerprint density at radius 2 is 1.90 bits per heavy atom. The zero-order chi connectivity index (χ0) is 15.0. The predicted molar refractivity (Wildman–Crippen MR) is 72.0 cm³/mol. The van der Waals surface area contributed by atoms with Gasteiger partial charge in [-0.15, -0.1) is 0 Å². The molecule has 0 unspecified atom stereocenters. The van der Waals surface area contributed by atoms with Crippen LogP contribution in [0.5, 0.6) is 0 Å². The third-order valence-electron chi connectivity index (χ3n) is 2.87. The van der Waals surface area contributed by atoms with Crippen molar-refractivity contribution in [2.24, 2.45) is 0 Å². The van der Waals surface area contributed by atoms with Crippen LogP contribution in [0.4, 0.5) is 5.69 Å². The molecule has 1 fully saturated rings. The molecule has 1 aromatic carbocycles. The van der Waals surface area contributed by atoms with E-state index in [4.69, 9.17) is 14.0 Å². The number of benzene rings is 1. The lowest BCUT2D eigenvalue weighted by Crippen LogP contribution is -2.42. The van der Waals surface area contributed by atoms with E-state index in [-0.39, 0.29) is 5.57 Å². The van der Waals surface area contributed by atoms with Crippen LogP contribution in [0, 0.1) is 0 Å². The summed E-state index contributed by atoms with van der Waals surface area (Å²) in [4.78, 5) is 23.6. The Labute approximate surface area is 119 Å². The Hall–Kier alpha value is -2.83. The van der Waals surface area contributed by atoms with Gasteiger partial charge in [0.2, 0.25) is 0 Å². The minimum Gasteiger partial charge on any atom is -0.419 e. The van der Waals surface area contributed by atoms with Crippen molar-refractivity contribution in [2.75, 3.05) is 5.32 Å². The minimum absolute atomic E-state index is 0.217. The number of hydrogen-bond acceptors (Lipinski definition) is 7. The highest BCUT2D eigenvalue weighted by Gasteiger charge is 2.38. The predicted octanol–water partition coefficient (Wildman–Crippen LogP) is 1.96. The van der Waals surface area contributed by atoms with E-state index in [1.165, 1.54) is 20.0 Å². The largest absolute Gasteiger partial charge is 0.419 e. The Kier molecular flexibility index (Phi) is 2.90. The summed E-state index contributed by atoms with van der Waals surface area (Å²) < 4.78 is 15.1. The maximum absolute atomic E-state index is 11.8. The van der Waals surface area contributed by atoms with Crippen LogP contribution in [-0.2, 0) is 19.1 Å². The normalized spacial score (nSPS) is 17.3. The number of esters is 2. The summed E-state index contributed by atoms with van der Waals surface area (Å²) in [6.07, 6.45) is 2.80. The molecule has 1 saturated heterocycles. The second-order valence-electron chi connectivity index (χ2n) is 4.93. The van der Waals surface area contributed by atoms with E-state index < -0.39 is 17.7 Å². The van der Waals surface area contributed by atoms with Crippen LogP contribution in [0.15, 0.2) is 40.7 Å². The Balaban J connectivity index is 1.88. The van der Waals surface area contributed by atoms with Crippen molar-refractivity contribution in [3.05, 3.63) is 36.2 Å². The van der Waals surface area contributed by atoms with E-state index >= 15 is 0 Å². The molecule has 7 heteroatoms. The summed E-state index contributed by atoms with van der Waals surface area (Å²) in [7, 11) is 0. The molecule has 0 amide bonds. The number of anilines is 1. The van der Waals surface area contributed by atoms with Crippen LogP contribution in [0.25, 0.3) is 11.0 Å². The number of carbonyl (C=O) groups is 2. The van der Waals surface area contributed by atoms with Crippen LogP contribution >= 0.6 is 0 Å². The Bertz CT molecular complexity index is 738. The van der Waals surface area contributed by atoms with E-state index in [0.29, 0.717) is 11.3 Å². The number of aromatic nitrogens is 1. The molecule has 0 aliphatic carbocycles. The van der Waals surface area contributed by atoms with Gasteiger partial charge < -0.3 is 19.3 Å². The number of cyclic esters (lactones) is 2. The van der Waals surface area contributed by atoms with E-state index in [1.807, 2.05) is 6.07 Å². The molecule has 3 rings (SSSR count). The third kappa shape index (κ3) is 2.45. The topological polar surface area (TPSA) is 90.7 Å². The van der Waals surface area contributed by atoms with Crippen LogP contribution in [0.1, 0.15) is 13.8 Å². The van der Waals surface area contributed by atoms with Gasteiger partial charge in [0.25, 0.3) is 5.79 Å². The molecule has 0 bridgehead atoms. The van der Waals surface area contributed by atoms with Crippen molar-refractivity contribution < 1.29 is 23.6 Å². The van der Waals surface area contributed by atoms with Gasteiger partial charge in [0.15, 0.2) is 11.2 Å². The SMILES string of the molecule is CC1(C)OC(=O)C(=CNc2cccc3cnoc23)C(=O)O1. The molecular formula is C14H12N2O5. The second-order valence-corrected chi connectivity index (χ2v) is 4.93. The number of nitrogens with zero attached hydrogens (tertiary/aromatic N) is 1. The van der Waals surface area contributed by atoms with Gasteiger partial charge in [-0.25, -0.2) is 9.59 Å². The summed E-state index contributed by atoms with van der Waals surface area (Å²) in [6, 6.07) is 5.35. The number of nitrogens with one attached hydrogen (secondary N) is 1. The zero-order valence-corrected chi connectivity index (χ0v) is 11.4. The highest BCUT2D eigenvalue weighted by Crippen LogP contribution is 2.25. The van der Waals surface area contributed by atoms with E-state index in [9.17, 15) is 9.59 Å². The highest BCUT2D eigenvalue weighted by atomic mass is 16.7. The monoisotopic (exact) mass is 288 g/mol. The smallest absolute Gasteiger partial charge is 0.350 e. The molecule has 0 atom stereocenters. The first kappa shape index (κ1) is 13.2. The van der Waals surface area contributed by atoms with Crippen molar-refractivity contribution in [3.8, 4) is 0 Å². The summed E-state index contributed by atoms with van der Waals surface area (Å²) in [5, 5.41) is 7.32. The number of ether oxygens (including phenoxy) is 2. The van der Waals surface area contributed by atoms with E-state index in [1.54, 1.807) is 18.3 Å². The fraction of sp³-hybridized carbons (Fsp3) is 0.214. The molecule has 2 heterocycles. The van der Waals surface area contributed by atoms with E-state index in [0.717, 1.165) is 5.39 Å². The van der Waals surface area contributed by atoms with Gasteiger partial charge in [-0.2, -0.15) is 0 Å². The van der Waals surface area contributed by atoms with Gasteiger partial charge in [-0.3, -0.25) is 0 Å². The van der Waals surface area contributed by atoms with Gasteiger partial charge in [0, 0.05) is 25.4 Å². The minimum atomic E-state index is -1.25. The number of rotatable bonds is 2. The van der Waals surface area contributed by atoms with Crippen molar-refractivity contribution in [2.45, 2.75) is 19.6 Å². The average Bonchev–Trinajstić information content (AvgIpc) is 2.85. The second kappa shape index (κ2) is 4.62. The van der Waals surface area contributed by atoms with Gasteiger partial charge in [-0.1, -0.05) is 11.2 Å². The quantitative estimate of drug-likeness (QED) is 0.513. The van der Waals surface area contributed by atoms with Gasteiger partial charge in [-0.05, 0) is 12.1 Å². The van der Waals surface area contributed by atoms with Gasteiger partial charge >= 0.3 is 11.9 Å². The van der Waals surface area contributed by atoms with Crippen molar-refractivity contribution in [1.29, 1.82) is 0 Å². The molecule has 21 heavy (non-hydrogen) atoms. The Morgan fingerprint density at radius 1 is 1.19 bits per heavy atom. The summed E-state index contributed by atoms with van der Waals surface area (Å²) in [5.41, 5.74) is 0.876. The van der Waals surface area contributed by atoms with Crippen LogP contribution in [0.2, 0.25) is 0 Å². The molecule has 1 N–H and O–H groups in total. The molecule has 108 valence electrons. The molecule has 1 aromatic heterocycles. The fourth-order valence-electron chi connectivity index (χ4n) is 1.94. The Morgan fingerprint density at radius 3 is 2.62 bits per heavy atom. The third-order valence-corrected chi connectivity index (χ3v) is 2.87. The number of hydrogen-bond donors (Lipinski definition) is 1. The summed E-state index contributed by atoms with van der Waals surface area (Å²) in [5.74, 6) is -2.74. The molecule has 7 nitrogen and oxygen atoms in total. The van der Waals surface area contributed by atoms with Gasteiger partial charge in [0.05, 0.1) is 11.9 Å². The lowest BCUT2D eigenvalue weighted by atomic mass is 10.2. The highest BCUT2D eigenvalue weighted by molar-refractivity contribution is 6.15. The first-order valence-corrected chi connectivity index (χ1v) is 6.23. The van der Waals surface area contributed by atoms with Crippen molar-refractivity contribution in [3.63, 3.8) is 0 Å². The maximum atomic E-state index is 11.8. The lowest BCUT2D eigenvalue weighted by Gasteiger charge is -2.29. The van der Waals surface area contributed by atoms with Gasteiger partial charge in [0.1, 0.15) is 0 Å². The molecule has 1 aliphatic heterocycles. The number of carbonyl (C=O) groups excluding carboxylic acids is 2.